The Morgan fingerprint density at radius 1 is 1.09 bits per heavy atom. The molecule has 0 amide bonds. The molecule has 0 aliphatic carbocycles. The Morgan fingerprint density at radius 3 is 2.52 bits per heavy atom. The summed E-state index contributed by atoms with van der Waals surface area (Å²) in [6.45, 7) is 2.86. The van der Waals surface area contributed by atoms with E-state index in [2.05, 4.69) is 41.5 Å². The van der Waals surface area contributed by atoms with E-state index >= 15 is 0 Å². The number of benzene rings is 2. The standard InChI is InChI=1S/C19H20N2OS/c1-14-7-9-16(10-8-14)19-21-12-17(23-19)11-20-18(13-22)15-5-3-2-4-6-15/h2-10,12,18,20,22H,11,13H2,1H3. The zero-order valence-corrected chi connectivity index (χ0v) is 13.9. The molecule has 2 N–H and O–H groups in total. The molecule has 0 saturated heterocycles. The SMILES string of the molecule is Cc1ccc(-c2ncc(CNC(CO)c3ccccc3)s2)cc1. The summed E-state index contributed by atoms with van der Waals surface area (Å²) in [5.41, 5.74) is 3.49. The van der Waals surface area contributed by atoms with Gasteiger partial charge in [0.25, 0.3) is 0 Å². The lowest BCUT2D eigenvalue weighted by Crippen LogP contribution is -2.23. The van der Waals surface area contributed by atoms with Gasteiger partial charge in [-0.2, -0.15) is 0 Å². The van der Waals surface area contributed by atoms with Crippen molar-refractivity contribution in [2.24, 2.45) is 0 Å². The fourth-order valence-electron chi connectivity index (χ4n) is 2.42. The smallest absolute Gasteiger partial charge is 0.123 e. The van der Waals surface area contributed by atoms with E-state index in [-0.39, 0.29) is 12.6 Å². The van der Waals surface area contributed by atoms with E-state index in [4.69, 9.17) is 0 Å². The highest BCUT2D eigenvalue weighted by atomic mass is 32.1. The second kappa shape index (κ2) is 7.51. The van der Waals surface area contributed by atoms with Crippen molar-refractivity contribution in [2.45, 2.75) is 19.5 Å². The molecule has 0 saturated carbocycles. The van der Waals surface area contributed by atoms with Crippen LogP contribution >= 0.6 is 11.3 Å². The van der Waals surface area contributed by atoms with Crippen molar-refractivity contribution in [3.8, 4) is 10.6 Å². The van der Waals surface area contributed by atoms with Gasteiger partial charge in [-0.1, -0.05) is 60.2 Å². The first-order chi connectivity index (χ1) is 11.3. The van der Waals surface area contributed by atoms with Gasteiger partial charge in [-0.3, -0.25) is 0 Å². The molecule has 3 nitrogen and oxygen atoms in total. The molecule has 0 aliphatic heterocycles. The molecule has 0 aliphatic rings. The number of nitrogens with zero attached hydrogens (tertiary/aromatic N) is 1. The minimum atomic E-state index is -0.0545. The van der Waals surface area contributed by atoms with Crippen LogP contribution in [0.4, 0.5) is 0 Å². The molecule has 3 rings (SSSR count). The summed E-state index contributed by atoms with van der Waals surface area (Å²) in [4.78, 5) is 5.67. The largest absolute Gasteiger partial charge is 0.394 e. The molecule has 3 aromatic rings. The van der Waals surface area contributed by atoms with E-state index < -0.39 is 0 Å². The van der Waals surface area contributed by atoms with Gasteiger partial charge in [0.1, 0.15) is 5.01 Å². The van der Waals surface area contributed by atoms with E-state index in [9.17, 15) is 5.11 Å². The number of aliphatic hydroxyl groups is 1. The van der Waals surface area contributed by atoms with E-state index in [1.807, 2.05) is 36.5 Å². The number of aryl methyl sites for hydroxylation is 1. The van der Waals surface area contributed by atoms with E-state index in [0.717, 1.165) is 21.0 Å². The lowest BCUT2D eigenvalue weighted by molar-refractivity contribution is 0.244. The maximum absolute atomic E-state index is 9.59. The maximum atomic E-state index is 9.59. The second-order valence-electron chi connectivity index (χ2n) is 5.52. The summed E-state index contributed by atoms with van der Waals surface area (Å²) >= 11 is 1.68. The molecule has 1 unspecified atom stereocenters. The zero-order valence-electron chi connectivity index (χ0n) is 13.1. The van der Waals surface area contributed by atoms with Crippen LogP contribution in [0.25, 0.3) is 10.6 Å². The minimum absolute atomic E-state index is 0.0545. The number of aliphatic hydroxyl groups excluding tert-OH is 1. The van der Waals surface area contributed by atoms with Crippen molar-refractivity contribution < 1.29 is 5.11 Å². The molecular weight excluding hydrogens is 304 g/mol. The van der Waals surface area contributed by atoms with Crippen molar-refractivity contribution in [3.63, 3.8) is 0 Å². The van der Waals surface area contributed by atoms with Gasteiger partial charge >= 0.3 is 0 Å². The monoisotopic (exact) mass is 324 g/mol. The van der Waals surface area contributed by atoms with Crippen LogP contribution in [0, 0.1) is 6.92 Å². The fourth-order valence-corrected chi connectivity index (χ4v) is 3.28. The highest BCUT2D eigenvalue weighted by molar-refractivity contribution is 7.15. The first kappa shape index (κ1) is 15.9. The van der Waals surface area contributed by atoms with Gasteiger partial charge in [-0.05, 0) is 12.5 Å². The van der Waals surface area contributed by atoms with Gasteiger partial charge in [0, 0.05) is 23.2 Å². The molecule has 118 valence electrons. The molecule has 0 spiro atoms. The number of thiazole rings is 1. The maximum Gasteiger partial charge on any atom is 0.123 e. The fraction of sp³-hybridized carbons (Fsp3) is 0.211. The molecule has 23 heavy (non-hydrogen) atoms. The number of hydrogen-bond acceptors (Lipinski definition) is 4. The molecule has 0 fully saturated rings. The Morgan fingerprint density at radius 2 is 1.83 bits per heavy atom. The van der Waals surface area contributed by atoms with Crippen LogP contribution in [0.2, 0.25) is 0 Å². The normalized spacial score (nSPS) is 12.3. The third-order valence-electron chi connectivity index (χ3n) is 3.76. The Bertz CT molecular complexity index is 738. The molecule has 4 heteroatoms. The summed E-state index contributed by atoms with van der Waals surface area (Å²) in [6.07, 6.45) is 1.91. The van der Waals surface area contributed by atoms with Crippen molar-refractivity contribution >= 4 is 11.3 Å². The lowest BCUT2D eigenvalue weighted by atomic mass is 10.1. The van der Waals surface area contributed by atoms with Crippen LogP contribution in [-0.4, -0.2) is 16.7 Å². The number of rotatable bonds is 6. The van der Waals surface area contributed by atoms with Crippen LogP contribution in [0.5, 0.6) is 0 Å². The molecule has 2 aromatic carbocycles. The highest BCUT2D eigenvalue weighted by Gasteiger charge is 2.10. The van der Waals surface area contributed by atoms with E-state index in [0.29, 0.717) is 6.54 Å². The van der Waals surface area contributed by atoms with Crippen molar-refractivity contribution in [3.05, 3.63) is 76.8 Å². The Kier molecular flexibility index (Phi) is 5.18. The van der Waals surface area contributed by atoms with E-state index in [1.54, 1.807) is 11.3 Å². The Labute approximate surface area is 140 Å². The summed E-state index contributed by atoms with van der Waals surface area (Å²) in [5.74, 6) is 0. The van der Waals surface area contributed by atoms with Gasteiger partial charge in [0.05, 0.1) is 12.6 Å². The van der Waals surface area contributed by atoms with Crippen LogP contribution in [-0.2, 0) is 6.54 Å². The van der Waals surface area contributed by atoms with E-state index in [1.165, 1.54) is 5.56 Å². The number of hydrogen-bond donors (Lipinski definition) is 2. The Balaban J connectivity index is 1.66. The highest BCUT2D eigenvalue weighted by Crippen LogP contribution is 2.25. The molecule has 0 radical (unpaired) electrons. The third-order valence-corrected chi connectivity index (χ3v) is 4.81. The topological polar surface area (TPSA) is 45.2 Å². The van der Waals surface area contributed by atoms with Crippen LogP contribution in [0.3, 0.4) is 0 Å². The number of nitrogens with one attached hydrogen (secondary N) is 1. The first-order valence-corrected chi connectivity index (χ1v) is 8.49. The lowest BCUT2D eigenvalue weighted by Gasteiger charge is -2.15. The van der Waals surface area contributed by atoms with Gasteiger partial charge in [-0.15, -0.1) is 11.3 Å². The average molecular weight is 324 g/mol. The van der Waals surface area contributed by atoms with Gasteiger partial charge in [0.2, 0.25) is 0 Å². The summed E-state index contributed by atoms with van der Waals surface area (Å²) in [7, 11) is 0. The summed E-state index contributed by atoms with van der Waals surface area (Å²) < 4.78 is 0. The quantitative estimate of drug-likeness (QED) is 0.722. The average Bonchev–Trinajstić information content (AvgIpc) is 3.06. The zero-order chi connectivity index (χ0) is 16.1. The Hall–Kier alpha value is -2.01. The predicted octanol–water partition coefficient (Wildman–Crippen LogP) is 3.94. The van der Waals surface area contributed by atoms with Crippen molar-refractivity contribution in [2.75, 3.05) is 6.61 Å². The van der Waals surface area contributed by atoms with Crippen molar-refractivity contribution in [1.82, 2.24) is 10.3 Å². The molecular formula is C19H20N2OS. The third kappa shape index (κ3) is 4.05. The van der Waals surface area contributed by atoms with Crippen molar-refractivity contribution in [1.29, 1.82) is 0 Å². The second-order valence-corrected chi connectivity index (χ2v) is 6.64. The molecule has 1 heterocycles. The molecule has 0 bridgehead atoms. The number of aromatic nitrogens is 1. The van der Waals surface area contributed by atoms with Gasteiger partial charge < -0.3 is 10.4 Å². The van der Waals surface area contributed by atoms with Gasteiger partial charge in [-0.25, -0.2) is 4.98 Å². The van der Waals surface area contributed by atoms with Crippen LogP contribution in [0.1, 0.15) is 22.0 Å². The summed E-state index contributed by atoms with van der Waals surface area (Å²) in [5, 5.41) is 14.0. The first-order valence-electron chi connectivity index (χ1n) is 7.67. The minimum Gasteiger partial charge on any atom is -0.394 e. The van der Waals surface area contributed by atoms with Crippen LogP contribution < -0.4 is 5.32 Å². The molecule has 1 atom stereocenters. The van der Waals surface area contributed by atoms with Gasteiger partial charge in [0.15, 0.2) is 0 Å². The predicted molar refractivity (Wildman–Crippen MR) is 95.4 cm³/mol. The summed E-state index contributed by atoms with van der Waals surface area (Å²) in [6, 6.07) is 18.4. The van der Waals surface area contributed by atoms with Crippen LogP contribution in [0.15, 0.2) is 60.8 Å². The molecule has 1 aromatic heterocycles.